The Balaban J connectivity index is 3.07. The van der Waals surface area contributed by atoms with Crippen LogP contribution in [0.1, 0.15) is 31.7 Å². The lowest BCUT2D eigenvalue weighted by Gasteiger charge is -2.07. The molecule has 1 heterocycles. The molecular formula is C11H19BN2O. The third kappa shape index (κ3) is 2.55. The van der Waals surface area contributed by atoms with Gasteiger partial charge in [-0.05, 0) is 6.42 Å². The molecule has 0 spiro atoms. The van der Waals surface area contributed by atoms with Crippen LogP contribution in [0.15, 0.2) is 9.41 Å². The summed E-state index contributed by atoms with van der Waals surface area (Å²) in [5, 5.41) is 0. The van der Waals surface area contributed by atoms with Crippen molar-refractivity contribution in [3.8, 4) is 0 Å². The first-order chi connectivity index (χ1) is 7.13. The Morgan fingerprint density at radius 1 is 1.47 bits per heavy atom. The summed E-state index contributed by atoms with van der Waals surface area (Å²) < 4.78 is 7.67. The maximum Gasteiger partial charge on any atom is 0.296 e. The van der Waals surface area contributed by atoms with Crippen LogP contribution in [0.3, 0.4) is 0 Å². The fraction of sp³-hybridized carbons (Fsp3) is 0.727. The van der Waals surface area contributed by atoms with E-state index in [1.165, 1.54) is 5.69 Å². The average molecular weight is 206 g/mol. The highest BCUT2D eigenvalue weighted by Gasteiger charge is 2.13. The molecule has 0 saturated carbocycles. The van der Waals surface area contributed by atoms with Gasteiger partial charge in [-0.1, -0.05) is 26.1 Å². The molecule has 0 fully saturated rings. The van der Waals surface area contributed by atoms with Crippen LogP contribution in [0.5, 0.6) is 0 Å². The van der Waals surface area contributed by atoms with Gasteiger partial charge >= 0.3 is 0 Å². The van der Waals surface area contributed by atoms with E-state index in [0.29, 0.717) is 5.68 Å². The Morgan fingerprint density at radius 2 is 2.13 bits per heavy atom. The molecule has 0 aliphatic heterocycles. The van der Waals surface area contributed by atoms with Crippen LogP contribution in [0.2, 0.25) is 5.82 Å². The molecule has 0 aliphatic rings. The fourth-order valence-corrected chi connectivity index (χ4v) is 1.71. The number of aromatic nitrogens is 1. The molecule has 82 valence electrons. The number of oxazole rings is 1. The molecule has 4 heteroatoms. The third-order valence-electron chi connectivity index (χ3n) is 2.73. The van der Waals surface area contributed by atoms with Gasteiger partial charge in [-0.3, -0.25) is 4.57 Å². The standard InChI is InChI=1S/C11H19BN2O/c1-5-8(12)7-10-9(6-2)14(4)11(13-3)15-10/h8H,5-7H2,1-4H3. The van der Waals surface area contributed by atoms with Crippen molar-refractivity contribution in [2.45, 2.75) is 38.9 Å². The largest absolute Gasteiger partial charge is 0.428 e. The number of nitrogens with zero attached hydrogens (tertiary/aromatic N) is 2. The van der Waals surface area contributed by atoms with E-state index >= 15 is 0 Å². The molecule has 1 rings (SSSR count). The van der Waals surface area contributed by atoms with Gasteiger partial charge in [0.2, 0.25) is 0 Å². The van der Waals surface area contributed by atoms with Crippen molar-refractivity contribution >= 4 is 7.85 Å². The molecule has 2 radical (unpaired) electrons. The summed E-state index contributed by atoms with van der Waals surface area (Å²) in [6.07, 6.45) is 2.70. The summed E-state index contributed by atoms with van der Waals surface area (Å²) in [6.45, 7) is 4.20. The molecule has 0 N–H and O–H groups in total. The van der Waals surface area contributed by atoms with Gasteiger partial charge in [0.05, 0.1) is 13.5 Å². The summed E-state index contributed by atoms with van der Waals surface area (Å²) in [7, 11) is 9.65. The minimum absolute atomic E-state index is 0.172. The second-order valence-corrected chi connectivity index (χ2v) is 3.76. The zero-order valence-corrected chi connectivity index (χ0v) is 10.1. The number of hydrogen-bond acceptors (Lipinski definition) is 2. The quantitative estimate of drug-likeness (QED) is 0.688. The van der Waals surface area contributed by atoms with E-state index < -0.39 is 0 Å². The number of hydrogen-bond donors (Lipinski definition) is 0. The summed E-state index contributed by atoms with van der Waals surface area (Å²) in [5.41, 5.74) is 1.87. The average Bonchev–Trinajstić information content (AvgIpc) is 2.54. The van der Waals surface area contributed by atoms with Crippen LogP contribution in [-0.2, 0) is 19.9 Å². The van der Waals surface area contributed by atoms with Crippen LogP contribution in [0, 0.1) is 0 Å². The summed E-state index contributed by atoms with van der Waals surface area (Å²) in [6, 6.07) is 0. The van der Waals surface area contributed by atoms with E-state index in [1.54, 1.807) is 7.05 Å². The monoisotopic (exact) mass is 206 g/mol. The Bertz CT molecular complexity index is 378. The van der Waals surface area contributed by atoms with Crippen LogP contribution >= 0.6 is 0 Å². The van der Waals surface area contributed by atoms with Gasteiger partial charge in [0.15, 0.2) is 0 Å². The first-order valence-electron chi connectivity index (χ1n) is 5.49. The molecule has 0 amide bonds. The van der Waals surface area contributed by atoms with Crippen LogP contribution in [0.25, 0.3) is 0 Å². The Hall–Kier alpha value is -0.925. The summed E-state index contributed by atoms with van der Waals surface area (Å²) >= 11 is 0. The van der Waals surface area contributed by atoms with Crippen LogP contribution in [0.4, 0.5) is 0 Å². The maximum absolute atomic E-state index is 5.93. The van der Waals surface area contributed by atoms with Crippen molar-refractivity contribution in [3.63, 3.8) is 0 Å². The van der Waals surface area contributed by atoms with E-state index in [1.807, 2.05) is 11.6 Å². The van der Waals surface area contributed by atoms with Crippen molar-refractivity contribution in [1.82, 2.24) is 4.57 Å². The van der Waals surface area contributed by atoms with E-state index in [-0.39, 0.29) is 5.82 Å². The molecule has 0 aromatic carbocycles. The molecule has 1 unspecified atom stereocenters. The van der Waals surface area contributed by atoms with Gasteiger partial charge in [0.1, 0.15) is 5.76 Å². The van der Waals surface area contributed by atoms with Gasteiger partial charge in [-0.2, -0.15) is 0 Å². The molecular weight excluding hydrogens is 187 g/mol. The van der Waals surface area contributed by atoms with Gasteiger partial charge in [-0.25, -0.2) is 4.99 Å². The number of rotatable bonds is 4. The van der Waals surface area contributed by atoms with Gasteiger partial charge in [-0.15, -0.1) is 0 Å². The highest BCUT2D eigenvalue weighted by molar-refractivity contribution is 6.11. The molecule has 1 atom stereocenters. The Labute approximate surface area is 92.6 Å². The smallest absolute Gasteiger partial charge is 0.296 e. The minimum Gasteiger partial charge on any atom is -0.428 e. The van der Waals surface area contributed by atoms with E-state index in [2.05, 4.69) is 18.8 Å². The minimum atomic E-state index is 0.172. The highest BCUT2D eigenvalue weighted by Crippen LogP contribution is 2.17. The topological polar surface area (TPSA) is 30.4 Å². The van der Waals surface area contributed by atoms with Crippen LogP contribution < -0.4 is 5.68 Å². The van der Waals surface area contributed by atoms with Crippen molar-refractivity contribution in [2.24, 2.45) is 12.0 Å². The van der Waals surface area contributed by atoms with Crippen molar-refractivity contribution < 1.29 is 4.42 Å². The second kappa shape index (κ2) is 5.24. The SMILES string of the molecule is [B]C(CC)Cc1oc(=NC)n(C)c1CC. The Kier molecular flexibility index (Phi) is 4.24. The van der Waals surface area contributed by atoms with Crippen molar-refractivity contribution in [1.29, 1.82) is 0 Å². The molecule has 0 saturated heterocycles. The molecule has 3 nitrogen and oxygen atoms in total. The first-order valence-corrected chi connectivity index (χ1v) is 5.49. The molecule has 1 aromatic heterocycles. The van der Waals surface area contributed by atoms with Gasteiger partial charge < -0.3 is 4.42 Å². The maximum atomic E-state index is 5.93. The van der Waals surface area contributed by atoms with Gasteiger partial charge in [0, 0.05) is 20.5 Å². The first kappa shape index (κ1) is 12.1. The lowest BCUT2D eigenvalue weighted by atomic mass is 9.81. The van der Waals surface area contributed by atoms with E-state index in [0.717, 1.165) is 25.0 Å². The normalized spacial score (nSPS) is 14.5. The fourth-order valence-electron chi connectivity index (χ4n) is 1.71. The second-order valence-electron chi connectivity index (χ2n) is 3.76. The third-order valence-corrected chi connectivity index (χ3v) is 2.73. The highest BCUT2D eigenvalue weighted by atomic mass is 16.4. The van der Waals surface area contributed by atoms with Crippen LogP contribution in [-0.4, -0.2) is 19.5 Å². The summed E-state index contributed by atoms with van der Waals surface area (Å²) in [5.74, 6) is 1.15. The molecule has 1 aromatic rings. The predicted octanol–water partition coefficient (Wildman–Crippen LogP) is 1.62. The summed E-state index contributed by atoms with van der Waals surface area (Å²) in [4.78, 5) is 4.09. The van der Waals surface area contributed by atoms with Gasteiger partial charge in [0.25, 0.3) is 5.68 Å². The lowest BCUT2D eigenvalue weighted by Crippen LogP contribution is -2.13. The predicted molar refractivity (Wildman–Crippen MR) is 62.0 cm³/mol. The zero-order valence-electron chi connectivity index (χ0n) is 10.1. The van der Waals surface area contributed by atoms with E-state index in [9.17, 15) is 0 Å². The molecule has 15 heavy (non-hydrogen) atoms. The van der Waals surface area contributed by atoms with E-state index in [4.69, 9.17) is 12.3 Å². The molecule has 0 aliphatic carbocycles. The molecule has 0 bridgehead atoms. The lowest BCUT2D eigenvalue weighted by molar-refractivity contribution is 0.434. The Morgan fingerprint density at radius 3 is 2.60 bits per heavy atom. The zero-order chi connectivity index (χ0) is 11.4. The van der Waals surface area contributed by atoms with Crippen molar-refractivity contribution in [3.05, 3.63) is 17.1 Å². The van der Waals surface area contributed by atoms with Crippen molar-refractivity contribution in [2.75, 3.05) is 7.05 Å².